The van der Waals surface area contributed by atoms with Gasteiger partial charge in [0.25, 0.3) is 0 Å². The van der Waals surface area contributed by atoms with Gasteiger partial charge in [-0.1, -0.05) is 24.3 Å². The maximum Gasteiger partial charge on any atom is 0.222 e. The largest absolute Gasteiger partial charge is 0.390 e. The Morgan fingerprint density at radius 2 is 2.00 bits per heavy atom. The van der Waals surface area contributed by atoms with Gasteiger partial charge in [0, 0.05) is 32.0 Å². The molecular formula is C18H21FN4O. The first-order chi connectivity index (χ1) is 11.7. The molecule has 0 radical (unpaired) electrons. The van der Waals surface area contributed by atoms with Crippen molar-refractivity contribution in [3.63, 3.8) is 0 Å². The molecule has 2 heterocycles. The molecule has 0 unspecified atom stereocenters. The van der Waals surface area contributed by atoms with E-state index in [4.69, 9.17) is 0 Å². The number of β-amino-alcohol motifs (C(OH)–C–C–N with tert-alkyl or cyclic N) is 1. The first-order valence-electron chi connectivity index (χ1n) is 8.07. The Morgan fingerprint density at radius 3 is 2.71 bits per heavy atom. The highest BCUT2D eigenvalue weighted by atomic mass is 19.1. The van der Waals surface area contributed by atoms with Crippen molar-refractivity contribution in [2.45, 2.75) is 18.6 Å². The molecule has 1 aromatic carbocycles. The fourth-order valence-corrected chi connectivity index (χ4v) is 2.78. The van der Waals surface area contributed by atoms with Crippen LogP contribution in [0.1, 0.15) is 12.0 Å². The summed E-state index contributed by atoms with van der Waals surface area (Å²) in [7, 11) is 0. The van der Waals surface area contributed by atoms with Crippen LogP contribution >= 0.6 is 0 Å². The summed E-state index contributed by atoms with van der Waals surface area (Å²) >= 11 is 0. The Balaban J connectivity index is 1.47. The lowest BCUT2D eigenvalue weighted by molar-refractivity contribution is 0.0656. The number of aliphatic hydroxyl groups excluding tert-OH is 1. The predicted molar refractivity (Wildman–Crippen MR) is 91.9 cm³/mol. The van der Waals surface area contributed by atoms with Crippen molar-refractivity contribution >= 4 is 12.0 Å². The molecule has 0 saturated carbocycles. The number of benzene rings is 1. The molecule has 1 aliphatic rings. The van der Waals surface area contributed by atoms with Gasteiger partial charge in [-0.25, -0.2) is 14.4 Å². The minimum Gasteiger partial charge on any atom is -0.390 e. The summed E-state index contributed by atoms with van der Waals surface area (Å²) in [4.78, 5) is 10.5. The highest BCUT2D eigenvalue weighted by molar-refractivity contribution is 5.48. The topological polar surface area (TPSA) is 61.3 Å². The van der Waals surface area contributed by atoms with Crippen molar-refractivity contribution in [1.29, 1.82) is 0 Å². The summed E-state index contributed by atoms with van der Waals surface area (Å²) in [6, 6.07) is 8.12. The van der Waals surface area contributed by atoms with Crippen LogP contribution in [0.15, 0.2) is 48.8 Å². The van der Waals surface area contributed by atoms with Gasteiger partial charge in [0.15, 0.2) is 0 Å². The van der Waals surface area contributed by atoms with Crippen LogP contribution in [0.5, 0.6) is 0 Å². The number of likely N-dealkylation sites (tertiary alicyclic amines) is 1. The Kier molecular flexibility index (Phi) is 5.51. The molecule has 3 rings (SSSR count). The van der Waals surface area contributed by atoms with E-state index in [1.807, 2.05) is 12.2 Å². The van der Waals surface area contributed by atoms with Crippen molar-refractivity contribution < 1.29 is 9.50 Å². The Morgan fingerprint density at radius 1 is 1.25 bits per heavy atom. The highest BCUT2D eigenvalue weighted by Gasteiger charge is 2.27. The number of piperidine rings is 1. The average molecular weight is 328 g/mol. The minimum atomic E-state index is -0.471. The van der Waals surface area contributed by atoms with Crippen LogP contribution in [0.2, 0.25) is 0 Å². The Labute approximate surface area is 140 Å². The van der Waals surface area contributed by atoms with E-state index in [1.54, 1.807) is 30.6 Å². The zero-order valence-electron chi connectivity index (χ0n) is 13.3. The number of hydrogen-bond acceptors (Lipinski definition) is 5. The van der Waals surface area contributed by atoms with Crippen LogP contribution < -0.4 is 5.32 Å². The van der Waals surface area contributed by atoms with Crippen molar-refractivity contribution in [2.24, 2.45) is 0 Å². The third kappa shape index (κ3) is 4.59. The van der Waals surface area contributed by atoms with Crippen molar-refractivity contribution in [1.82, 2.24) is 14.9 Å². The van der Waals surface area contributed by atoms with Crippen LogP contribution in [-0.2, 0) is 0 Å². The summed E-state index contributed by atoms with van der Waals surface area (Å²) in [5.41, 5.74) is 0.967. The van der Waals surface area contributed by atoms with E-state index in [1.165, 1.54) is 12.1 Å². The monoisotopic (exact) mass is 328 g/mol. The third-order valence-electron chi connectivity index (χ3n) is 4.09. The molecule has 2 atom stereocenters. The van der Waals surface area contributed by atoms with E-state index in [-0.39, 0.29) is 11.9 Å². The maximum atomic E-state index is 12.9. The average Bonchev–Trinajstić information content (AvgIpc) is 2.60. The second-order valence-electron chi connectivity index (χ2n) is 5.89. The number of aliphatic hydroxyl groups is 1. The molecule has 1 aliphatic heterocycles. The zero-order chi connectivity index (χ0) is 16.8. The van der Waals surface area contributed by atoms with Crippen LogP contribution in [0, 0.1) is 5.82 Å². The second kappa shape index (κ2) is 7.99. The molecule has 2 N–H and O–H groups in total. The summed E-state index contributed by atoms with van der Waals surface area (Å²) in [5.74, 6) is 0.318. The number of hydrogen-bond donors (Lipinski definition) is 2. The van der Waals surface area contributed by atoms with E-state index in [2.05, 4.69) is 20.2 Å². The van der Waals surface area contributed by atoms with Crippen molar-refractivity contribution in [3.05, 3.63) is 60.2 Å². The van der Waals surface area contributed by atoms with E-state index in [9.17, 15) is 9.50 Å². The highest BCUT2D eigenvalue weighted by Crippen LogP contribution is 2.15. The molecule has 2 aromatic rings. The fourth-order valence-electron chi connectivity index (χ4n) is 2.78. The first-order valence-corrected chi connectivity index (χ1v) is 8.07. The number of nitrogens with one attached hydrogen (secondary N) is 1. The molecule has 1 aromatic heterocycles. The SMILES string of the molecule is O[C@@H]1CN(CC=Cc2ccc(F)cc2)CC[C@H]1Nc1ncccn1. The smallest absolute Gasteiger partial charge is 0.222 e. The van der Waals surface area contributed by atoms with Crippen LogP contribution in [0.25, 0.3) is 6.08 Å². The Bertz CT molecular complexity index is 662. The quantitative estimate of drug-likeness (QED) is 0.881. The summed E-state index contributed by atoms with van der Waals surface area (Å²) in [6.07, 6.45) is 7.71. The predicted octanol–water partition coefficient (Wildman–Crippen LogP) is 2.18. The van der Waals surface area contributed by atoms with Gasteiger partial charge in [0.1, 0.15) is 5.82 Å². The van der Waals surface area contributed by atoms with E-state index >= 15 is 0 Å². The lowest BCUT2D eigenvalue weighted by Crippen LogP contribution is -2.49. The molecule has 5 nitrogen and oxygen atoms in total. The van der Waals surface area contributed by atoms with Gasteiger partial charge in [0.05, 0.1) is 12.1 Å². The normalized spacial score (nSPS) is 21.9. The molecular weight excluding hydrogens is 307 g/mol. The standard InChI is InChI=1S/C18H21FN4O/c19-15-6-4-14(5-7-15)3-1-11-23-12-8-16(17(24)13-23)22-18-20-9-2-10-21-18/h1-7,9-10,16-17,24H,8,11-13H2,(H,20,21,22)/t16-,17-/m1/s1. The van der Waals surface area contributed by atoms with E-state index in [0.717, 1.165) is 25.1 Å². The van der Waals surface area contributed by atoms with Crippen molar-refractivity contribution in [3.8, 4) is 0 Å². The van der Waals surface area contributed by atoms with Crippen LogP contribution in [0.3, 0.4) is 0 Å². The Hall–Kier alpha value is -2.31. The number of rotatable bonds is 5. The van der Waals surface area contributed by atoms with Crippen LogP contribution in [0.4, 0.5) is 10.3 Å². The molecule has 6 heteroatoms. The van der Waals surface area contributed by atoms with E-state index < -0.39 is 6.10 Å². The molecule has 0 spiro atoms. The molecule has 0 amide bonds. The third-order valence-corrected chi connectivity index (χ3v) is 4.09. The first kappa shape index (κ1) is 16.5. The summed E-state index contributed by atoms with van der Waals surface area (Å²) in [5, 5.41) is 13.5. The van der Waals surface area contributed by atoms with Gasteiger partial charge in [0.2, 0.25) is 5.95 Å². The van der Waals surface area contributed by atoms with Gasteiger partial charge in [-0.15, -0.1) is 0 Å². The second-order valence-corrected chi connectivity index (χ2v) is 5.89. The molecule has 1 fully saturated rings. The molecule has 24 heavy (non-hydrogen) atoms. The lowest BCUT2D eigenvalue weighted by atomic mass is 10.0. The molecule has 0 bridgehead atoms. The number of aromatic nitrogens is 2. The van der Waals surface area contributed by atoms with Gasteiger partial charge >= 0.3 is 0 Å². The minimum absolute atomic E-state index is 0.0373. The van der Waals surface area contributed by atoms with Gasteiger partial charge in [-0.05, 0) is 30.2 Å². The number of halogens is 1. The lowest BCUT2D eigenvalue weighted by Gasteiger charge is -2.35. The molecule has 0 aliphatic carbocycles. The van der Waals surface area contributed by atoms with Crippen molar-refractivity contribution in [2.75, 3.05) is 25.0 Å². The van der Waals surface area contributed by atoms with Gasteiger partial charge < -0.3 is 10.4 Å². The molecule has 126 valence electrons. The number of anilines is 1. The summed E-state index contributed by atoms with van der Waals surface area (Å²) in [6.45, 7) is 2.23. The van der Waals surface area contributed by atoms with Crippen LogP contribution in [-0.4, -0.2) is 51.8 Å². The number of nitrogens with zero attached hydrogens (tertiary/aromatic N) is 3. The zero-order valence-corrected chi connectivity index (χ0v) is 13.3. The van der Waals surface area contributed by atoms with Gasteiger partial charge in [-0.2, -0.15) is 0 Å². The van der Waals surface area contributed by atoms with Gasteiger partial charge in [-0.3, -0.25) is 4.90 Å². The van der Waals surface area contributed by atoms with E-state index in [0.29, 0.717) is 12.5 Å². The fraction of sp³-hybridized carbons (Fsp3) is 0.333. The summed E-state index contributed by atoms with van der Waals surface area (Å²) < 4.78 is 12.9. The maximum absolute atomic E-state index is 12.9. The molecule has 1 saturated heterocycles.